The Bertz CT molecular complexity index is 351. The molecule has 3 nitrogen and oxygen atoms in total. The molecule has 1 aliphatic rings. The molecule has 1 unspecified atom stereocenters. The molecule has 3 N–H and O–H groups in total. The zero-order valence-corrected chi connectivity index (χ0v) is 9.21. The molecular formula is C12H17FN2O. The van der Waals surface area contributed by atoms with Crippen LogP contribution in [-0.4, -0.2) is 19.3 Å². The summed E-state index contributed by atoms with van der Waals surface area (Å²) in [4.78, 5) is 0. The van der Waals surface area contributed by atoms with Crippen LogP contribution in [0.3, 0.4) is 0 Å². The van der Waals surface area contributed by atoms with Gasteiger partial charge in [-0.05, 0) is 36.6 Å². The van der Waals surface area contributed by atoms with Gasteiger partial charge in [-0.2, -0.15) is 0 Å². The number of nitrogens with one attached hydrogen (secondary N) is 1. The summed E-state index contributed by atoms with van der Waals surface area (Å²) >= 11 is 0. The van der Waals surface area contributed by atoms with E-state index < -0.39 is 0 Å². The van der Waals surface area contributed by atoms with Gasteiger partial charge < -0.3 is 15.8 Å². The minimum Gasteiger partial charge on any atom is -0.382 e. The largest absolute Gasteiger partial charge is 0.382 e. The first-order valence-electron chi connectivity index (χ1n) is 5.63. The third-order valence-electron chi connectivity index (χ3n) is 2.83. The van der Waals surface area contributed by atoms with Gasteiger partial charge in [0.25, 0.3) is 0 Å². The van der Waals surface area contributed by atoms with E-state index in [1.54, 1.807) is 6.07 Å². The van der Waals surface area contributed by atoms with Crippen LogP contribution in [0.15, 0.2) is 18.2 Å². The molecule has 1 aromatic rings. The zero-order valence-electron chi connectivity index (χ0n) is 9.21. The van der Waals surface area contributed by atoms with Crippen LogP contribution in [0.2, 0.25) is 0 Å². The molecule has 1 aromatic carbocycles. The van der Waals surface area contributed by atoms with Crippen LogP contribution in [-0.2, 0) is 11.3 Å². The van der Waals surface area contributed by atoms with Crippen molar-refractivity contribution in [1.29, 1.82) is 0 Å². The maximum absolute atomic E-state index is 13.0. The predicted molar refractivity (Wildman–Crippen MR) is 61.8 cm³/mol. The van der Waals surface area contributed by atoms with Crippen molar-refractivity contribution in [2.75, 3.05) is 18.5 Å². The smallest absolute Gasteiger partial charge is 0.123 e. The fourth-order valence-electron chi connectivity index (χ4n) is 1.93. The Hall–Kier alpha value is -1.13. The van der Waals surface area contributed by atoms with Gasteiger partial charge in [-0.25, -0.2) is 4.39 Å². The normalized spacial score (nSPS) is 20.0. The Balaban J connectivity index is 1.97. The molecule has 1 atom stereocenters. The summed E-state index contributed by atoms with van der Waals surface area (Å²) in [7, 11) is 0. The lowest BCUT2D eigenvalue weighted by atomic mass is 10.1. The molecule has 1 saturated heterocycles. The number of rotatable bonds is 4. The van der Waals surface area contributed by atoms with Crippen molar-refractivity contribution in [3.8, 4) is 0 Å². The molecular weight excluding hydrogens is 207 g/mol. The van der Waals surface area contributed by atoms with Gasteiger partial charge in [-0.3, -0.25) is 0 Å². The van der Waals surface area contributed by atoms with Crippen LogP contribution >= 0.6 is 0 Å². The van der Waals surface area contributed by atoms with E-state index >= 15 is 0 Å². The summed E-state index contributed by atoms with van der Waals surface area (Å²) in [5.74, 6) is -0.247. The highest BCUT2D eigenvalue weighted by Crippen LogP contribution is 2.18. The van der Waals surface area contributed by atoms with Gasteiger partial charge in [-0.1, -0.05) is 0 Å². The van der Waals surface area contributed by atoms with E-state index in [0.29, 0.717) is 6.54 Å². The third kappa shape index (κ3) is 2.71. The molecule has 0 amide bonds. The van der Waals surface area contributed by atoms with E-state index in [0.717, 1.165) is 37.2 Å². The minimum atomic E-state index is -0.247. The van der Waals surface area contributed by atoms with Crippen LogP contribution in [0, 0.1) is 5.82 Å². The van der Waals surface area contributed by atoms with Gasteiger partial charge in [-0.15, -0.1) is 0 Å². The average Bonchev–Trinajstić information content (AvgIpc) is 2.80. The summed E-state index contributed by atoms with van der Waals surface area (Å²) in [6, 6.07) is 4.64. The van der Waals surface area contributed by atoms with Crippen molar-refractivity contribution in [3.63, 3.8) is 0 Å². The van der Waals surface area contributed by atoms with Crippen molar-refractivity contribution in [3.05, 3.63) is 29.6 Å². The summed E-state index contributed by atoms with van der Waals surface area (Å²) in [6.45, 7) is 1.95. The number of hydrogen-bond acceptors (Lipinski definition) is 3. The molecule has 0 aromatic heterocycles. The summed E-state index contributed by atoms with van der Waals surface area (Å²) in [5, 5.41) is 3.26. The molecule has 1 fully saturated rings. The van der Waals surface area contributed by atoms with Gasteiger partial charge in [0.15, 0.2) is 0 Å². The van der Waals surface area contributed by atoms with Gasteiger partial charge in [0, 0.05) is 25.4 Å². The minimum absolute atomic E-state index is 0.247. The van der Waals surface area contributed by atoms with Crippen LogP contribution in [0.5, 0.6) is 0 Å². The van der Waals surface area contributed by atoms with Gasteiger partial charge in [0.1, 0.15) is 5.82 Å². The van der Waals surface area contributed by atoms with Gasteiger partial charge in [0.2, 0.25) is 0 Å². The highest BCUT2D eigenvalue weighted by molar-refractivity contribution is 5.51. The second kappa shape index (κ2) is 5.27. The van der Waals surface area contributed by atoms with E-state index in [9.17, 15) is 4.39 Å². The van der Waals surface area contributed by atoms with Crippen molar-refractivity contribution in [2.45, 2.75) is 25.5 Å². The first-order chi connectivity index (χ1) is 7.79. The van der Waals surface area contributed by atoms with Crippen LogP contribution in [0.1, 0.15) is 18.4 Å². The molecule has 0 aliphatic carbocycles. The molecule has 16 heavy (non-hydrogen) atoms. The number of benzene rings is 1. The van der Waals surface area contributed by atoms with Gasteiger partial charge >= 0.3 is 0 Å². The number of anilines is 1. The lowest BCUT2D eigenvalue weighted by Crippen LogP contribution is -2.19. The standard InChI is InChI=1S/C12H17FN2O/c13-10-3-4-12(9(6-10)7-14)15-8-11-2-1-5-16-11/h3-4,6,11,15H,1-2,5,7-8,14H2. The third-order valence-corrected chi connectivity index (χ3v) is 2.83. The van der Waals surface area contributed by atoms with E-state index in [4.69, 9.17) is 10.5 Å². The lowest BCUT2D eigenvalue weighted by molar-refractivity contribution is 0.120. The van der Waals surface area contributed by atoms with Gasteiger partial charge in [0.05, 0.1) is 6.10 Å². The maximum atomic E-state index is 13.0. The van der Waals surface area contributed by atoms with Crippen molar-refractivity contribution < 1.29 is 9.13 Å². The second-order valence-corrected chi connectivity index (χ2v) is 4.02. The molecule has 0 bridgehead atoms. The summed E-state index contributed by atoms with van der Waals surface area (Å²) in [5.41, 5.74) is 7.27. The Kier molecular flexibility index (Phi) is 3.74. The quantitative estimate of drug-likeness (QED) is 0.820. The van der Waals surface area contributed by atoms with Crippen molar-refractivity contribution in [2.24, 2.45) is 5.73 Å². The number of halogens is 1. The molecule has 0 radical (unpaired) electrons. The monoisotopic (exact) mass is 224 g/mol. The second-order valence-electron chi connectivity index (χ2n) is 4.02. The first kappa shape index (κ1) is 11.4. The van der Waals surface area contributed by atoms with E-state index in [-0.39, 0.29) is 11.9 Å². The van der Waals surface area contributed by atoms with Crippen LogP contribution in [0.25, 0.3) is 0 Å². The SMILES string of the molecule is NCc1cc(F)ccc1NCC1CCCO1. The van der Waals surface area contributed by atoms with E-state index in [2.05, 4.69) is 5.32 Å². The van der Waals surface area contributed by atoms with Crippen molar-refractivity contribution in [1.82, 2.24) is 0 Å². The Morgan fingerprint density at radius 1 is 1.50 bits per heavy atom. The summed E-state index contributed by atoms with van der Waals surface area (Å²) in [6.07, 6.45) is 2.49. The Labute approximate surface area is 94.8 Å². The van der Waals surface area contributed by atoms with E-state index in [1.807, 2.05) is 0 Å². The fraction of sp³-hybridized carbons (Fsp3) is 0.500. The topological polar surface area (TPSA) is 47.3 Å². The highest BCUT2D eigenvalue weighted by atomic mass is 19.1. The maximum Gasteiger partial charge on any atom is 0.123 e. The number of nitrogens with two attached hydrogens (primary N) is 1. The Morgan fingerprint density at radius 3 is 3.06 bits per heavy atom. The van der Waals surface area contributed by atoms with E-state index in [1.165, 1.54) is 12.1 Å². The zero-order chi connectivity index (χ0) is 11.4. The molecule has 4 heteroatoms. The molecule has 1 aliphatic heterocycles. The average molecular weight is 224 g/mol. The van der Waals surface area contributed by atoms with Crippen LogP contribution in [0.4, 0.5) is 10.1 Å². The highest BCUT2D eigenvalue weighted by Gasteiger charge is 2.15. The molecule has 0 saturated carbocycles. The summed E-state index contributed by atoms with van der Waals surface area (Å²) < 4.78 is 18.5. The molecule has 2 rings (SSSR count). The molecule has 88 valence electrons. The number of ether oxygens (including phenoxy) is 1. The molecule has 0 spiro atoms. The van der Waals surface area contributed by atoms with Crippen LogP contribution < -0.4 is 11.1 Å². The predicted octanol–water partition coefficient (Wildman–Crippen LogP) is 1.88. The first-order valence-corrected chi connectivity index (χ1v) is 5.63. The van der Waals surface area contributed by atoms with Crippen molar-refractivity contribution >= 4 is 5.69 Å². The fourth-order valence-corrected chi connectivity index (χ4v) is 1.93. The lowest BCUT2D eigenvalue weighted by Gasteiger charge is -2.14. The number of hydrogen-bond donors (Lipinski definition) is 2. The Morgan fingerprint density at radius 2 is 2.38 bits per heavy atom. The molecule has 1 heterocycles.